The van der Waals surface area contributed by atoms with Crippen molar-refractivity contribution in [1.29, 1.82) is 0 Å². The van der Waals surface area contributed by atoms with Crippen molar-refractivity contribution in [2.75, 3.05) is 26.3 Å². The molecule has 0 bridgehead atoms. The van der Waals surface area contributed by atoms with Crippen molar-refractivity contribution in [3.63, 3.8) is 0 Å². The lowest BCUT2D eigenvalue weighted by Crippen LogP contribution is -2.35. The summed E-state index contributed by atoms with van der Waals surface area (Å²) < 4.78 is 12.6. The number of benzene rings is 1. The predicted octanol–water partition coefficient (Wildman–Crippen LogP) is 2.18. The van der Waals surface area contributed by atoms with Crippen LogP contribution in [0.5, 0.6) is 0 Å². The summed E-state index contributed by atoms with van der Waals surface area (Å²) in [7, 11) is 0. The Balaban J connectivity index is 1.35. The van der Waals surface area contributed by atoms with E-state index < -0.39 is 0 Å². The second kappa shape index (κ2) is 8.37. The molecule has 3 heterocycles. The second-order valence-electron chi connectivity index (χ2n) is 6.82. The second-order valence-corrected chi connectivity index (χ2v) is 6.82. The Morgan fingerprint density at radius 1 is 1.25 bits per heavy atom. The first-order valence-corrected chi connectivity index (χ1v) is 9.32. The minimum atomic E-state index is -0.148. The Morgan fingerprint density at radius 2 is 2.04 bits per heavy atom. The van der Waals surface area contributed by atoms with Crippen LogP contribution in [0.25, 0.3) is 5.69 Å². The number of amides is 1. The number of nitrogens with zero attached hydrogens (tertiary/aromatic N) is 4. The van der Waals surface area contributed by atoms with E-state index >= 15 is 0 Å². The van der Waals surface area contributed by atoms with Crippen molar-refractivity contribution in [1.82, 2.24) is 25.0 Å². The molecular weight excluding hydrogens is 358 g/mol. The third-order valence-corrected chi connectivity index (χ3v) is 4.82. The van der Waals surface area contributed by atoms with E-state index in [0.717, 1.165) is 43.3 Å². The molecule has 3 aromatic rings. The molecule has 1 unspecified atom stereocenters. The van der Waals surface area contributed by atoms with E-state index in [1.807, 2.05) is 37.3 Å². The van der Waals surface area contributed by atoms with E-state index in [9.17, 15) is 4.79 Å². The molecule has 1 N–H and O–H groups in total. The van der Waals surface area contributed by atoms with Gasteiger partial charge in [0.2, 0.25) is 0 Å². The minimum Gasteiger partial charge on any atom is -0.467 e. The average Bonchev–Trinajstić information content (AvgIpc) is 3.41. The summed E-state index contributed by atoms with van der Waals surface area (Å²) in [5.41, 5.74) is 2.46. The van der Waals surface area contributed by atoms with Gasteiger partial charge in [0.25, 0.3) is 5.91 Å². The first kappa shape index (κ1) is 18.4. The highest BCUT2D eigenvalue weighted by atomic mass is 16.5. The van der Waals surface area contributed by atoms with Crippen LogP contribution in [0.3, 0.4) is 0 Å². The maximum atomic E-state index is 12.6. The highest BCUT2D eigenvalue weighted by molar-refractivity contribution is 5.94. The fourth-order valence-corrected chi connectivity index (χ4v) is 3.18. The summed E-state index contributed by atoms with van der Waals surface area (Å²) in [6.45, 7) is 5.88. The molecule has 1 aromatic carbocycles. The van der Waals surface area contributed by atoms with Crippen LogP contribution in [-0.4, -0.2) is 51.9 Å². The molecule has 8 nitrogen and oxygen atoms in total. The highest BCUT2D eigenvalue weighted by Gasteiger charge is 2.17. The number of rotatable bonds is 6. The minimum absolute atomic E-state index is 0.130. The van der Waals surface area contributed by atoms with Crippen molar-refractivity contribution in [3.05, 3.63) is 66.1 Å². The SMILES string of the molecule is CC(NC(=O)c1coc(CN2CCOCC2)c1)c1ccc(-n2cncn2)cc1. The third kappa shape index (κ3) is 4.29. The molecule has 146 valence electrons. The number of hydrogen-bond donors (Lipinski definition) is 1. The smallest absolute Gasteiger partial charge is 0.255 e. The van der Waals surface area contributed by atoms with Gasteiger partial charge in [-0.25, -0.2) is 9.67 Å². The van der Waals surface area contributed by atoms with Crippen molar-refractivity contribution in [2.45, 2.75) is 19.5 Å². The Labute approximate surface area is 163 Å². The lowest BCUT2D eigenvalue weighted by Gasteiger charge is -2.25. The quantitative estimate of drug-likeness (QED) is 0.704. The highest BCUT2D eigenvalue weighted by Crippen LogP contribution is 2.17. The molecule has 8 heteroatoms. The summed E-state index contributed by atoms with van der Waals surface area (Å²) in [5.74, 6) is 0.640. The molecule has 1 fully saturated rings. The van der Waals surface area contributed by atoms with Crippen LogP contribution >= 0.6 is 0 Å². The van der Waals surface area contributed by atoms with Crippen molar-refractivity contribution in [3.8, 4) is 5.69 Å². The topological polar surface area (TPSA) is 85.4 Å². The Hall–Kier alpha value is -2.97. The normalized spacial score (nSPS) is 16.0. The molecular formula is C20H23N5O3. The van der Waals surface area contributed by atoms with Crippen LogP contribution in [0.2, 0.25) is 0 Å². The van der Waals surface area contributed by atoms with Gasteiger partial charge >= 0.3 is 0 Å². The molecule has 1 amide bonds. The van der Waals surface area contributed by atoms with Crippen molar-refractivity contribution < 1.29 is 13.9 Å². The van der Waals surface area contributed by atoms with E-state index in [1.54, 1.807) is 11.0 Å². The van der Waals surface area contributed by atoms with Crippen LogP contribution in [0, 0.1) is 0 Å². The lowest BCUT2D eigenvalue weighted by molar-refractivity contribution is 0.0313. The molecule has 28 heavy (non-hydrogen) atoms. The summed E-state index contributed by atoms with van der Waals surface area (Å²) >= 11 is 0. The Bertz CT molecular complexity index is 898. The van der Waals surface area contributed by atoms with Gasteiger partial charge in [0, 0.05) is 13.1 Å². The van der Waals surface area contributed by atoms with Gasteiger partial charge in [-0.3, -0.25) is 9.69 Å². The fourth-order valence-electron chi connectivity index (χ4n) is 3.18. The summed E-state index contributed by atoms with van der Waals surface area (Å²) in [4.78, 5) is 18.8. The van der Waals surface area contributed by atoms with Gasteiger partial charge in [0.1, 0.15) is 24.7 Å². The third-order valence-electron chi connectivity index (χ3n) is 4.82. The van der Waals surface area contributed by atoms with E-state index in [2.05, 4.69) is 20.3 Å². The van der Waals surface area contributed by atoms with E-state index in [0.29, 0.717) is 12.1 Å². The van der Waals surface area contributed by atoms with Crippen LogP contribution < -0.4 is 5.32 Å². The van der Waals surface area contributed by atoms with Gasteiger partial charge in [-0.05, 0) is 30.7 Å². The molecule has 0 saturated carbocycles. The zero-order valence-electron chi connectivity index (χ0n) is 15.7. The van der Waals surface area contributed by atoms with Gasteiger partial charge in [-0.2, -0.15) is 5.10 Å². The van der Waals surface area contributed by atoms with E-state index in [4.69, 9.17) is 9.15 Å². The number of hydrogen-bond acceptors (Lipinski definition) is 6. The van der Waals surface area contributed by atoms with Gasteiger partial charge in [0.15, 0.2) is 0 Å². The average molecular weight is 381 g/mol. The van der Waals surface area contributed by atoms with Crippen LogP contribution in [0.4, 0.5) is 0 Å². The van der Waals surface area contributed by atoms with Crippen LogP contribution in [0.15, 0.2) is 53.7 Å². The number of ether oxygens (including phenoxy) is 1. The van der Waals surface area contributed by atoms with Gasteiger partial charge in [-0.1, -0.05) is 12.1 Å². The molecule has 4 rings (SSSR count). The Kier molecular flexibility index (Phi) is 5.50. The first-order chi connectivity index (χ1) is 13.7. The molecule has 0 radical (unpaired) electrons. The molecule has 2 aromatic heterocycles. The van der Waals surface area contributed by atoms with E-state index in [-0.39, 0.29) is 11.9 Å². The summed E-state index contributed by atoms with van der Waals surface area (Å²) in [6, 6.07) is 9.53. The van der Waals surface area contributed by atoms with Gasteiger partial charge < -0.3 is 14.5 Å². The molecule has 1 aliphatic heterocycles. The predicted molar refractivity (Wildman–Crippen MR) is 102 cm³/mol. The van der Waals surface area contributed by atoms with Crippen molar-refractivity contribution >= 4 is 5.91 Å². The van der Waals surface area contributed by atoms with Crippen molar-refractivity contribution in [2.24, 2.45) is 0 Å². The fraction of sp³-hybridized carbons (Fsp3) is 0.350. The molecule has 0 aliphatic carbocycles. The zero-order chi connectivity index (χ0) is 19.3. The molecule has 1 saturated heterocycles. The standard InChI is InChI=1S/C20H23N5O3/c1-15(16-2-4-18(5-3-16)25-14-21-13-22-25)23-20(26)17-10-19(28-12-17)11-24-6-8-27-9-7-24/h2-5,10,12-15H,6-9,11H2,1H3,(H,23,26). The maximum absolute atomic E-state index is 12.6. The number of nitrogens with one attached hydrogen (secondary N) is 1. The number of carbonyl (C=O) groups is 1. The molecule has 1 aliphatic rings. The number of carbonyl (C=O) groups excluding carboxylic acids is 1. The number of morpholine rings is 1. The lowest BCUT2D eigenvalue weighted by atomic mass is 10.1. The monoisotopic (exact) mass is 381 g/mol. The number of furan rings is 1. The van der Waals surface area contributed by atoms with E-state index in [1.165, 1.54) is 12.6 Å². The summed E-state index contributed by atoms with van der Waals surface area (Å²) in [6.07, 6.45) is 4.66. The largest absolute Gasteiger partial charge is 0.467 e. The van der Waals surface area contributed by atoms with Crippen LogP contribution in [0.1, 0.15) is 34.6 Å². The summed E-state index contributed by atoms with van der Waals surface area (Å²) in [5, 5.41) is 7.12. The molecule has 1 atom stereocenters. The first-order valence-electron chi connectivity index (χ1n) is 9.32. The maximum Gasteiger partial charge on any atom is 0.255 e. The number of aromatic nitrogens is 3. The molecule has 0 spiro atoms. The zero-order valence-corrected chi connectivity index (χ0v) is 15.7. The van der Waals surface area contributed by atoms with Crippen LogP contribution in [-0.2, 0) is 11.3 Å². The van der Waals surface area contributed by atoms with Gasteiger partial charge in [-0.15, -0.1) is 0 Å². The van der Waals surface area contributed by atoms with Gasteiger partial charge in [0.05, 0.1) is 37.1 Å². The Morgan fingerprint density at radius 3 is 2.75 bits per heavy atom.